The summed E-state index contributed by atoms with van der Waals surface area (Å²) >= 11 is 0. The van der Waals surface area contributed by atoms with E-state index in [1.807, 2.05) is 30.3 Å². The summed E-state index contributed by atoms with van der Waals surface area (Å²) in [5, 5.41) is 6.96. The van der Waals surface area contributed by atoms with Crippen molar-refractivity contribution in [1.82, 2.24) is 29.1 Å². The van der Waals surface area contributed by atoms with Crippen molar-refractivity contribution in [2.75, 3.05) is 0 Å². The molecule has 308 valence electrons. The van der Waals surface area contributed by atoms with Crippen molar-refractivity contribution in [2.24, 2.45) is 0 Å². The van der Waals surface area contributed by atoms with Crippen LogP contribution in [0.2, 0.25) is 0 Å². The zero-order chi connectivity index (χ0) is 43.6. The number of hydrogen-bond donors (Lipinski definition) is 0. The molecule has 0 unspecified atom stereocenters. The molecule has 0 radical (unpaired) electrons. The Balaban J connectivity index is 1.07. The number of pyridine rings is 1. The minimum atomic E-state index is 0.542. The fourth-order valence-electron chi connectivity index (χ4n) is 9.65. The summed E-state index contributed by atoms with van der Waals surface area (Å²) in [7, 11) is 0. The third kappa shape index (κ3) is 6.26. The van der Waals surface area contributed by atoms with E-state index < -0.39 is 0 Å². The van der Waals surface area contributed by atoms with Gasteiger partial charge in [0.25, 0.3) is 0 Å². The van der Waals surface area contributed by atoms with Crippen molar-refractivity contribution in [1.29, 1.82) is 0 Å². The van der Waals surface area contributed by atoms with Gasteiger partial charge in [0.2, 0.25) is 5.95 Å². The number of benzene rings is 9. The summed E-state index contributed by atoms with van der Waals surface area (Å²) in [6.45, 7) is 0. The molecule has 0 atom stereocenters. The largest absolute Gasteiger partial charge is 0.307 e. The van der Waals surface area contributed by atoms with Gasteiger partial charge in [-0.3, -0.25) is 4.57 Å². The van der Waals surface area contributed by atoms with Crippen LogP contribution in [0.15, 0.2) is 231 Å². The van der Waals surface area contributed by atoms with Crippen LogP contribution in [0.25, 0.3) is 122 Å². The standard InChI is InChI=1S/C60H38N6/c1-4-18-40(19-5-1)52-37-46(38-53(61-52)41-20-6-2-7-21-41)43-25-16-26-45(35-43)59-62-58(42-22-8-3-9-23-42)63-60(64-59)66-55-30-15-13-28-49(55)51-34-33-50-48-27-12-14-29-54(48)65(56(50)57(51)66)47-32-31-39-17-10-11-24-44(39)36-47/h1-38H. The van der Waals surface area contributed by atoms with Crippen molar-refractivity contribution in [3.63, 3.8) is 0 Å². The molecule has 0 bridgehead atoms. The van der Waals surface area contributed by atoms with Gasteiger partial charge in [-0.2, -0.15) is 9.97 Å². The molecular weight excluding hydrogens is 805 g/mol. The minimum absolute atomic E-state index is 0.542. The molecular formula is C60H38N6. The number of para-hydroxylation sites is 2. The lowest BCUT2D eigenvalue weighted by Gasteiger charge is -2.14. The molecule has 0 aliphatic heterocycles. The van der Waals surface area contributed by atoms with Crippen LogP contribution in [0, 0.1) is 0 Å². The van der Waals surface area contributed by atoms with E-state index in [4.69, 9.17) is 19.9 Å². The molecule has 6 nitrogen and oxygen atoms in total. The fourth-order valence-corrected chi connectivity index (χ4v) is 9.65. The topological polar surface area (TPSA) is 61.4 Å². The summed E-state index contributed by atoms with van der Waals surface area (Å²) in [4.78, 5) is 21.2. The van der Waals surface area contributed by atoms with Crippen molar-refractivity contribution < 1.29 is 0 Å². The van der Waals surface area contributed by atoms with Crippen molar-refractivity contribution in [2.45, 2.75) is 0 Å². The zero-order valence-electron chi connectivity index (χ0n) is 35.6. The molecule has 4 aromatic heterocycles. The first kappa shape index (κ1) is 37.5. The normalized spacial score (nSPS) is 11.6. The lowest BCUT2D eigenvalue weighted by Crippen LogP contribution is -2.07. The molecule has 0 spiro atoms. The Hall–Kier alpha value is -9.00. The molecule has 0 aliphatic rings. The van der Waals surface area contributed by atoms with Crippen LogP contribution in [0.5, 0.6) is 0 Å². The number of hydrogen-bond acceptors (Lipinski definition) is 4. The van der Waals surface area contributed by atoms with E-state index in [2.05, 4.69) is 209 Å². The molecule has 0 aliphatic carbocycles. The number of rotatable bonds is 7. The van der Waals surface area contributed by atoms with Gasteiger partial charge in [-0.1, -0.05) is 188 Å². The lowest BCUT2D eigenvalue weighted by atomic mass is 9.98. The van der Waals surface area contributed by atoms with Gasteiger partial charge in [0.15, 0.2) is 11.6 Å². The quantitative estimate of drug-likeness (QED) is 0.160. The van der Waals surface area contributed by atoms with Crippen molar-refractivity contribution in [3.8, 4) is 68.1 Å². The third-order valence-corrected chi connectivity index (χ3v) is 12.7. The van der Waals surface area contributed by atoms with E-state index in [1.165, 1.54) is 16.2 Å². The van der Waals surface area contributed by atoms with Gasteiger partial charge in [-0.25, -0.2) is 9.97 Å². The second-order valence-electron chi connectivity index (χ2n) is 16.7. The molecule has 0 saturated heterocycles. The Kier molecular flexibility index (Phi) is 8.74. The van der Waals surface area contributed by atoms with E-state index in [0.717, 1.165) is 88.7 Å². The Labute approximate surface area is 380 Å². The highest BCUT2D eigenvalue weighted by Crippen LogP contribution is 2.42. The molecule has 0 fully saturated rings. The predicted molar refractivity (Wildman–Crippen MR) is 271 cm³/mol. The van der Waals surface area contributed by atoms with Crippen LogP contribution < -0.4 is 0 Å². The van der Waals surface area contributed by atoms with E-state index >= 15 is 0 Å². The predicted octanol–water partition coefficient (Wildman–Crippen LogP) is 14.9. The molecule has 66 heavy (non-hydrogen) atoms. The summed E-state index contributed by atoms with van der Waals surface area (Å²) in [6, 6.07) is 80.9. The van der Waals surface area contributed by atoms with Crippen molar-refractivity contribution >= 4 is 54.4 Å². The summed E-state index contributed by atoms with van der Waals surface area (Å²) < 4.78 is 4.67. The molecule has 9 aromatic carbocycles. The Morgan fingerprint density at radius 3 is 1.42 bits per heavy atom. The molecule has 13 aromatic rings. The Bertz CT molecular complexity index is 3930. The van der Waals surface area contributed by atoms with Gasteiger partial charge in [0, 0.05) is 49.5 Å². The molecule has 0 amide bonds. The van der Waals surface area contributed by atoms with Crippen LogP contribution in [0.4, 0.5) is 0 Å². The van der Waals surface area contributed by atoms with Gasteiger partial charge < -0.3 is 4.57 Å². The first-order valence-corrected chi connectivity index (χ1v) is 22.2. The van der Waals surface area contributed by atoms with Gasteiger partial charge in [0.05, 0.1) is 33.5 Å². The van der Waals surface area contributed by atoms with Gasteiger partial charge in [-0.05, 0) is 64.4 Å². The van der Waals surface area contributed by atoms with Gasteiger partial charge >= 0.3 is 0 Å². The highest BCUT2D eigenvalue weighted by atomic mass is 15.2. The van der Waals surface area contributed by atoms with E-state index in [-0.39, 0.29) is 0 Å². The second kappa shape index (κ2) is 15.4. The van der Waals surface area contributed by atoms with E-state index in [0.29, 0.717) is 17.6 Å². The van der Waals surface area contributed by atoms with Crippen LogP contribution in [-0.2, 0) is 0 Å². The SMILES string of the molecule is c1ccc(-c2cc(-c3cccc(-c4nc(-c5ccccc5)nc(-n5c6ccccc6c6ccc7c8ccccc8n(-c8ccc9ccccc9c8)c7c65)n4)c3)cc(-c3ccccc3)n2)cc1. The lowest BCUT2D eigenvalue weighted by molar-refractivity contribution is 0.953. The van der Waals surface area contributed by atoms with Crippen LogP contribution in [0.3, 0.4) is 0 Å². The van der Waals surface area contributed by atoms with Crippen molar-refractivity contribution in [3.05, 3.63) is 231 Å². The fraction of sp³-hybridized carbons (Fsp3) is 0. The maximum Gasteiger partial charge on any atom is 0.238 e. The molecule has 0 saturated carbocycles. The highest BCUT2D eigenvalue weighted by molar-refractivity contribution is 6.23. The molecule has 0 N–H and O–H groups in total. The van der Waals surface area contributed by atoms with E-state index in [9.17, 15) is 0 Å². The third-order valence-electron chi connectivity index (χ3n) is 12.7. The Morgan fingerprint density at radius 2 is 0.773 bits per heavy atom. The van der Waals surface area contributed by atoms with Gasteiger partial charge in [0.1, 0.15) is 0 Å². The second-order valence-corrected chi connectivity index (χ2v) is 16.7. The number of nitrogens with zero attached hydrogens (tertiary/aromatic N) is 6. The number of fused-ring (bicyclic) bond motifs is 8. The Morgan fingerprint density at radius 1 is 0.273 bits per heavy atom. The first-order chi connectivity index (χ1) is 32.7. The smallest absolute Gasteiger partial charge is 0.238 e. The zero-order valence-corrected chi connectivity index (χ0v) is 35.6. The molecule has 6 heteroatoms. The maximum absolute atomic E-state index is 5.46. The number of aromatic nitrogens is 6. The average Bonchev–Trinajstić information content (AvgIpc) is 3.92. The van der Waals surface area contributed by atoms with E-state index in [1.54, 1.807) is 0 Å². The van der Waals surface area contributed by atoms with Crippen LogP contribution >= 0.6 is 0 Å². The van der Waals surface area contributed by atoms with Gasteiger partial charge in [-0.15, -0.1) is 0 Å². The summed E-state index contributed by atoms with van der Waals surface area (Å²) in [6.07, 6.45) is 0. The molecule has 13 rings (SSSR count). The van der Waals surface area contributed by atoms with Crippen LogP contribution in [0.1, 0.15) is 0 Å². The van der Waals surface area contributed by atoms with Crippen LogP contribution in [-0.4, -0.2) is 29.1 Å². The summed E-state index contributed by atoms with van der Waals surface area (Å²) in [5.41, 5.74) is 13.1. The minimum Gasteiger partial charge on any atom is -0.307 e. The summed E-state index contributed by atoms with van der Waals surface area (Å²) in [5.74, 6) is 1.71. The average molecular weight is 843 g/mol. The first-order valence-electron chi connectivity index (χ1n) is 22.2. The maximum atomic E-state index is 5.46. The molecule has 4 heterocycles. The monoisotopic (exact) mass is 842 g/mol. The highest BCUT2D eigenvalue weighted by Gasteiger charge is 2.24.